The third-order valence-corrected chi connectivity index (χ3v) is 8.39. The maximum atomic E-state index is 14.0. The van der Waals surface area contributed by atoms with Crippen LogP contribution in [0.4, 0.5) is 0 Å². The minimum absolute atomic E-state index is 0.0145. The van der Waals surface area contributed by atoms with E-state index in [0.717, 1.165) is 37.9 Å². The molecule has 0 aromatic carbocycles. The monoisotopic (exact) mass is 449 g/mol. The molecule has 0 unspecified atom stereocenters. The van der Waals surface area contributed by atoms with Crippen LogP contribution in [-0.2, 0) is 21.4 Å². The van der Waals surface area contributed by atoms with Gasteiger partial charge in [-0.3, -0.25) is 9.69 Å². The predicted octanol–water partition coefficient (Wildman–Crippen LogP) is 2.02. The zero-order chi connectivity index (χ0) is 22.2. The van der Waals surface area contributed by atoms with Crippen molar-refractivity contribution >= 4 is 15.9 Å². The van der Waals surface area contributed by atoms with Gasteiger partial charge in [-0.05, 0) is 58.3 Å². The highest BCUT2D eigenvalue weighted by molar-refractivity contribution is 7.89. The minimum atomic E-state index is -3.47. The summed E-state index contributed by atoms with van der Waals surface area (Å²) in [5.74, 6) is 0.311. The fourth-order valence-corrected chi connectivity index (χ4v) is 6.97. The Morgan fingerprint density at radius 1 is 1.29 bits per heavy atom. The van der Waals surface area contributed by atoms with Crippen molar-refractivity contribution < 1.29 is 13.2 Å². The standard InChI is InChI=1S/C22H35N5O3S/c1-16(2)5-8-22(21(28)26-9-6-17(7-10-26)14-31(23,29)30)11-19-3-4-20(22)27(19)13-18-12-24-15-25-18/h5,12,15,17,19-20H,3-4,6-11,13-14H2,1-2H3,(H,24,25)(H2,23,29,30)/t19-,20+,22+/m1/s1. The van der Waals surface area contributed by atoms with E-state index in [1.807, 2.05) is 11.1 Å². The number of hydrogen-bond acceptors (Lipinski definition) is 5. The molecule has 4 rings (SSSR count). The summed E-state index contributed by atoms with van der Waals surface area (Å²) in [5, 5.41) is 5.23. The number of amides is 1. The highest BCUT2D eigenvalue weighted by atomic mass is 32.2. The lowest BCUT2D eigenvalue weighted by Crippen LogP contribution is -2.52. The van der Waals surface area contributed by atoms with E-state index < -0.39 is 15.4 Å². The van der Waals surface area contributed by atoms with Gasteiger partial charge in [0.25, 0.3) is 0 Å². The van der Waals surface area contributed by atoms with Crippen LogP contribution in [0.3, 0.4) is 0 Å². The average Bonchev–Trinajstić information content (AvgIpc) is 3.42. The van der Waals surface area contributed by atoms with Gasteiger partial charge in [0, 0.05) is 43.6 Å². The Labute approximate surface area is 185 Å². The molecule has 1 amide bonds. The molecule has 3 saturated heterocycles. The summed E-state index contributed by atoms with van der Waals surface area (Å²) in [6.07, 6.45) is 11.0. The van der Waals surface area contributed by atoms with Crippen LogP contribution in [0.5, 0.6) is 0 Å². The summed E-state index contributed by atoms with van der Waals surface area (Å²) in [4.78, 5) is 25.8. The zero-order valence-electron chi connectivity index (χ0n) is 18.6. The molecule has 3 atom stereocenters. The van der Waals surface area contributed by atoms with Crippen molar-refractivity contribution in [1.82, 2.24) is 19.8 Å². The molecule has 4 heterocycles. The quantitative estimate of drug-likeness (QED) is 0.619. The molecule has 3 fully saturated rings. The van der Waals surface area contributed by atoms with E-state index in [1.54, 1.807) is 6.33 Å². The number of primary sulfonamides is 1. The number of nitrogens with zero attached hydrogens (tertiary/aromatic N) is 3. The molecule has 0 spiro atoms. The van der Waals surface area contributed by atoms with Crippen LogP contribution in [0.2, 0.25) is 0 Å². The van der Waals surface area contributed by atoms with Crippen molar-refractivity contribution in [2.75, 3.05) is 18.8 Å². The summed E-state index contributed by atoms with van der Waals surface area (Å²) in [6.45, 7) is 6.22. The number of hydrogen-bond donors (Lipinski definition) is 2. The van der Waals surface area contributed by atoms with Crippen molar-refractivity contribution in [1.29, 1.82) is 0 Å². The Bertz CT molecular complexity index is 917. The number of likely N-dealkylation sites (tertiary alicyclic amines) is 1. The lowest BCUT2D eigenvalue weighted by atomic mass is 9.69. The van der Waals surface area contributed by atoms with E-state index in [1.165, 1.54) is 5.57 Å². The summed E-state index contributed by atoms with van der Waals surface area (Å²) in [5.41, 5.74) is 1.93. The summed E-state index contributed by atoms with van der Waals surface area (Å²) < 4.78 is 22.9. The van der Waals surface area contributed by atoms with Gasteiger partial charge in [-0.2, -0.15) is 0 Å². The summed E-state index contributed by atoms with van der Waals surface area (Å²) in [7, 11) is -3.47. The number of allylic oxidation sites excluding steroid dienone is 2. The predicted molar refractivity (Wildman–Crippen MR) is 119 cm³/mol. The second kappa shape index (κ2) is 8.67. The molecule has 9 heteroatoms. The first-order valence-corrected chi connectivity index (χ1v) is 13.1. The molecule has 1 aromatic rings. The largest absolute Gasteiger partial charge is 0.347 e. The minimum Gasteiger partial charge on any atom is -0.347 e. The molecule has 0 radical (unpaired) electrons. The van der Waals surface area contributed by atoms with Crippen LogP contribution in [-0.4, -0.2) is 65.0 Å². The van der Waals surface area contributed by atoms with Crippen molar-refractivity contribution in [2.24, 2.45) is 16.5 Å². The lowest BCUT2D eigenvalue weighted by Gasteiger charge is -2.42. The maximum absolute atomic E-state index is 14.0. The van der Waals surface area contributed by atoms with Crippen LogP contribution in [0.15, 0.2) is 24.2 Å². The number of H-pyrrole nitrogens is 1. The van der Waals surface area contributed by atoms with E-state index in [0.29, 0.717) is 32.0 Å². The number of aromatic nitrogens is 2. The van der Waals surface area contributed by atoms with Crippen LogP contribution in [0.1, 0.15) is 58.1 Å². The molecular formula is C22H35N5O3S. The van der Waals surface area contributed by atoms with Crippen molar-refractivity contribution in [3.05, 3.63) is 29.9 Å². The maximum Gasteiger partial charge on any atom is 0.230 e. The second-order valence-electron chi connectivity index (χ2n) is 9.91. The highest BCUT2D eigenvalue weighted by Crippen LogP contribution is 2.53. The molecule has 3 N–H and O–H groups in total. The van der Waals surface area contributed by atoms with E-state index in [-0.39, 0.29) is 23.6 Å². The Morgan fingerprint density at radius 3 is 2.65 bits per heavy atom. The van der Waals surface area contributed by atoms with Gasteiger partial charge in [-0.15, -0.1) is 0 Å². The molecule has 3 aliphatic rings. The zero-order valence-corrected chi connectivity index (χ0v) is 19.4. The van der Waals surface area contributed by atoms with E-state index >= 15 is 0 Å². The normalized spacial score (nSPS) is 29.5. The number of sulfonamides is 1. The van der Waals surface area contributed by atoms with Gasteiger partial charge >= 0.3 is 0 Å². The molecule has 8 nitrogen and oxygen atoms in total. The molecule has 172 valence electrons. The number of carbonyl (C=O) groups excluding carboxylic acids is 1. The topological polar surface area (TPSA) is 112 Å². The smallest absolute Gasteiger partial charge is 0.230 e. The van der Waals surface area contributed by atoms with E-state index in [4.69, 9.17) is 5.14 Å². The molecule has 31 heavy (non-hydrogen) atoms. The first kappa shape index (κ1) is 22.5. The second-order valence-corrected chi connectivity index (χ2v) is 11.6. The van der Waals surface area contributed by atoms with Gasteiger partial charge in [0.2, 0.25) is 15.9 Å². The van der Waals surface area contributed by atoms with Crippen LogP contribution >= 0.6 is 0 Å². The number of rotatable bonds is 7. The molecule has 3 aliphatic heterocycles. The number of imidazole rings is 1. The van der Waals surface area contributed by atoms with Crippen LogP contribution in [0.25, 0.3) is 0 Å². The third kappa shape index (κ3) is 4.73. The lowest BCUT2D eigenvalue weighted by molar-refractivity contribution is -0.145. The van der Waals surface area contributed by atoms with E-state index in [9.17, 15) is 13.2 Å². The van der Waals surface area contributed by atoms with Crippen LogP contribution < -0.4 is 5.14 Å². The van der Waals surface area contributed by atoms with Crippen molar-refractivity contribution in [2.45, 2.75) is 71.0 Å². The van der Waals surface area contributed by atoms with Gasteiger partial charge in [0.15, 0.2) is 0 Å². The Kier molecular flexibility index (Phi) is 6.29. The number of fused-ring (bicyclic) bond motifs is 2. The Balaban J connectivity index is 1.52. The molecule has 2 bridgehead atoms. The first-order valence-electron chi connectivity index (χ1n) is 11.3. The van der Waals surface area contributed by atoms with E-state index in [2.05, 4.69) is 34.8 Å². The number of carbonyl (C=O) groups is 1. The molecule has 0 aliphatic carbocycles. The fourth-order valence-electron chi connectivity index (χ4n) is 5.98. The van der Waals surface area contributed by atoms with Crippen molar-refractivity contribution in [3.8, 4) is 0 Å². The van der Waals surface area contributed by atoms with Crippen molar-refractivity contribution in [3.63, 3.8) is 0 Å². The van der Waals surface area contributed by atoms with Gasteiger partial charge < -0.3 is 9.88 Å². The van der Waals surface area contributed by atoms with Gasteiger partial charge in [-0.25, -0.2) is 18.5 Å². The first-order chi connectivity index (χ1) is 14.7. The number of aromatic amines is 1. The Hall–Kier alpha value is -1.71. The number of nitrogens with two attached hydrogens (primary N) is 1. The summed E-state index contributed by atoms with van der Waals surface area (Å²) >= 11 is 0. The number of piperidine rings is 1. The van der Waals surface area contributed by atoms with Crippen LogP contribution in [0, 0.1) is 11.3 Å². The van der Waals surface area contributed by atoms with Gasteiger partial charge in [0.1, 0.15) is 0 Å². The number of nitrogens with one attached hydrogen (secondary N) is 1. The highest BCUT2D eigenvalue weighted by Gasteiger charge is 2.60. The average molecular weight is 450 g/mol. The van der Waals surface area contributed by atoms with Gasteiger partial charge in [0.05, 0.1) is 17.5 Å². The molecule has 0 saturated carbocycles. The summed E-state index contributed by atoms with van der Waals surface area (Å²) in [6, 6.07) is 0.647. The third-order valence-electron chi connectivity index (χ3n) is 7.46. The Morgan fingerprint density at radius 2 is 2.03 bits per heavy atom. The molecular weight excluding hydrogens is 414 g/mol. The SMILES string of the molecule is CC(C)=CC[C@]1(C(=O)N2CCC(CS(N)(=O)=O)CC2)C[C@H]2CC[C@@H]1N2Cc1cnc[nH]1. The fraction of sp³-hybridized carbons (Fsp3) is 0.727. The molecule has 1 aromatic heterocycles. The van der Waals surface area contributed by atoms with Gasteiger partial charge in [-0.1, -0.05) is 11.6 Å².